The number of benzene rings is 1. The number of morpholine rings is 1. The smallest absolute Gasteiger partial charge is 0.261 e. The molecule has 2 amide bonds. The topological polar surface area (TPSA) is 70.7 Å². The summed E-state index contributed by atoms with van der Waals surface area (Å²) < 4.78 is 5.34. The van der Waals surface area contributed by atoms with Gasteiger partial charge in [0.25, 0.3) is 5.91 Å². The molecule has 1 aliphatic heterocycles. The van der Waals surface area contributed by atoms with E-state index in [0.717, 1.165) is 32.0 Å². The Bertz CT molecular complexity index is 680. The number of carbonyl (C=O) groups is 2. The maximum absolute atomic E-state index is 11.9. The van der Waals surface area contributed by atoms with Gasteiger partial charge in [0.1, 0.15) is 0 Å². The van der Waals surface area contributed by atoms with Gasteiger partial charge in [-0.25, -0.2) is 0 Å². The number of thiophene rings is 1. The molecule has 1 saturated heterocycles. The van der Waals surface area contributed by atoms with Crippen LogP contribution in [-0.2, 0) is 9.53 Å². The Hall–Kier alpha value is -2.38. The molecular weight excluding hydrogens is 326 g/mol. The van der Waals surface area contributed by atoms with E-state index in [1.165, 1.54) is 11.3 Å². The van der Waals surface area contributed by atoms with Crippen LogP contribution in [0.3, 0.4) is 0 Å². The third-order valence-corrected chi connectivity index (χ3v) is 4.55. The van der Waals surface area contributed by atoms with Gasteiger partial charge in [-0.1, -0.05) is 6.07 Å². The number of nitrogens with one attached hydrogen (secondary N) is 2. The van der Waals surface area contributed by atoms with Gasteiger partial charge in [0.05, 0.1) is 24.6 Å². The third-order valence-electron chi connectivity index (χ3n) is 3.68. The fourth-order valence-corrected chi connectivity index (χ4v) is 3.08. The Morgan fingerprint density at radius 3 is 2.54 bits per heavy atom. The fourth-order valence-electron chi connectivity index (χ4n) is 2.44. The molecule has 24 heavy (non-hydrogen) atoms. The molecule has 1 aromatic carbocycles. The highest BCUT2D eigenvalue weighted by molar-refractivity contribution is 7.12. The van der Waals surface area contributed by atoms with Crippen molar-refractivity contribution < 1.29 is 14.3 Å². The van der Waals surface area contributed by atoms with E-state index in [2.05, 4.69) is 15.5 Å². The Balaban J connectivity index is 1.48. The van der Waals surface area contributed by atoms with Crippen LogP contribution < -0.4 is 15.5 Å². The van der Waals surface area contributed by atoms with Crippen LogP contribution >= 0.6 is 11.3 Å². The minimum absolute atomic E-state index is 0.0536. The molecular formula is C17H19N3O3S. The highest BCUT2D eigenvalue weighted by Gasteiger charge is 2.12. The van der Waals surface area contributed by atoms with E-state index in [0.29, 0.717) is 10.6 Å². The SMILES string of the molecule is O=C(CNC(=O)c1cccs1)Nc1ccc(N2CCOCC2)cc1. The molecule has 3 rings (SSSR count). The molecule has 1 aromatic heterocycles. The summed E-state index contributed by atoms with van der Waals surface area (Å²) in [5, 5.41) is 7.21. The standard InChI is InChI=1S/C17H19N3O3S/c21-16(12-18-17(22)15-2-1-11-24-15)19-13-3-5-14(6-4-13)20-7-9-23-10-8-20/h1-6,11H,7-10,12H2,(H,18,22)(H,19,21). The van der Waals surface area contributed by atoms with Crippen molar-refractivity contribution in [3.63, 3.8) is 0 Å². The molecule has 0 unspecified atom stereocenters. The summed E-state index contributed by atoms with van der Waals surface area (Å²) in [7, 11) is 0. The molecule has 126 valence electrons. The fraction of sp³-hybridized carbons (Fsp3) is 0.294. The van der Waals surface area contributed by atoms with Crippen LogP contribution in [0.15, 0.2) is 41.8 Å². The largest absolute Gasteiger partial charge is 0.378 e. The van der Waals surface area contributed by atoms with Crippen molar-refractivity contribution in [1.82, 2.24) is 5.32 Å². The monoisotopic (exact) mass is 345 g/mol. The number of nitrogens with zero attached hydrogens (tertiary/aromatic N) is 1. The van der Waals surface area contributed by atoms with E-state index in [4.69, 9.17) is 4.74 Å². The van der Waals surface area contributed by atoms with Crippen LogP contribution in [0.1, 0.15) is 9.67 Å². The van der Waals surface area contributed by atoms with Crippen molar-refractivity contribution in [1.29, 1.82) is 0 Å². The van der Waals surface area contributed by atoms with Crippen LogP contribution in [0.2, 0.25) is 0 Å². The van der Waals surface area contributed by atoms with Crippen molar-refractivity contribution >= 4 is 34.5 Å². The lowest BCUT2D eigenvalue weighted by Crippen LogP contribution is -2.36. The number of rotatable bonds is 5. The quantitative estimate of drug-likeness (QED) is 0.869. The minimum Gasteiger partial charge on any atom is -0.378 e. The molecule has 0 bridgehead atoms. The number of ether oxygens (including phenoxy) is 1. The van der Waals surface area contributed by atoms with Crippen LogP contribution in [0.25, 0.3) is 0 Å². The first-order chi connectivity index (χ1) is 11.7. The van der Waals surface area contributed by atoms with Crippen molar-refractivity contribution in [3.05, 3.63) is 46.7 Å². The van der Waals surface area contributed by atoms with E-state index in [1.54, 1.807) is 12.1 Å². The molecule has 2 aromatic rings. The normalized spacial score (nSPS) is 14.2. The predicted molar refractivity (Wildman–Crippen MR) is 94.8 cm³/mol. The zero-order valence-electron chi connectivity index (χ0n) is 13.2. The molecule has 0 aliphatic carbocycles. The Morgan fingerprint density at radius 2 is 1.88 bits per heavy atom. The average molecular weight is 345 g/mol. The van der Waals surface area contributed by atoms with Gasteiger partial charge in [0.2, 0.25) is 5.91 Å². The molecule has 1 fully saturated rings. The van der Waals surface area contributed by atoms with E-state index in [-0.39, 0.29) is 18.4 Å². The zero-order valence-corrected chi connectivity index (χ0v) is 14.0. The van der Waals surface area contributed by atoms with Gasteiger partial charge < -0.3 is 20.3 Å². The molecule has 2 heterocycles. The van der Waals surface area contributed by atoms with Gasteiger partial charge in [-0.3, -0.25) is 9.59 Å². The van der Waals surface area contributed by atoms with Gasteiger partial charge in [0.15, 0.2) is 0 Å². The molecule has 2 N–H and O–H groups in total. The third kappa shape index (κ3) is 4.33. The maximum atomic E-state index is 11.9. The van der Waals surface area contributed by atoms with Crippen molar-refractivity contribution in [2.24, 2.45) is 0 Å². The van der Waals surface area contributed by atoms with Crippen molar-refractivity contribution in [3.8, 4) is 0 Å². The van der Waals surface area contributed by atoms with Gasteiger partial charge in [-0.2, -0.15) is 0 Å². The minimum atomic E-state index is -0.251. The first-order valence-corrected chi connectivity index (χ1v) is 8.64. The van der Waals surface area contributed by atoms with Crippen LogP contribution in [-0.4, -0.2) is 44.7 Å². The maximum Gasteiger partial charge on any atom is 0.261 e. The zero-order chi connectivity index (χ0) is 16.8. The van der Waals surface area contributed by atoms with Gasteiger partial charge in [0, 0.05) is 24.5 Å². The molecule has 6 nitrogen and oxygen atoms in total. The molecule has 0 radical (unpaired) electrons. The van der Waals surface area contributed by atoms with Crippen LogP contribution in [0.5, 0.6) is 0 Å². The highest BCUT2D eigenvalue weighted by atomic mass is 32.1. The predicted octanol–water partition coefficient (Wildman–Crippen LogP) is 1.95. The summed E-state index contributed by atoms with van der Waals surface area (Å²) >= 11 is 1.34. The lowest BCUT2D eigenvalue weighted by molar-refractivity contribution is -0.115. The highest BCUT2D eigenvalue weighted by Crippen LogP contribution is 2.18. The van der Waals surface area contributed by atoms with Crippen LogP contribution in [0, 0.1) is 0 Å². The first-order valence-electron chi connectivity index (χ1n) is 7.77. The summed E-state index contributed by atoms with van der Waals surface area (Å²) in [6.07, 6.45) is 0. The second-order valence-corrected chi connectivity index (χ2v) is 6.30. The first kappa shape index (κ1) is 16.5. The molecule has 0 saturated carbocycles. The van der Waals surface area contributed by atoms with Gasteiger partial charge in [-0.15, -0.1) is 11.3 Å². The molecule has 0 spiro atoms. The number of amides is 2. The number of hydrogen-bond acceptors (Lipinski definition) is 5. The molecule has 1 aliphatic rings. The second-order valence-electron chi connectivity index (χ2n) is 5.35. The lowest BCUT2D eigenvalue weighted by Gasteiger charge is -2.28. The average Bonchev–Trinajstić information content (AvgIpc) is 3.16. The number of anilines is 2. The molecule has 7 heteroatoms. The Morgan fingerprint density at radius 1 is 1.12 bits per heavy atom. The van der Waals surface area contributed by atoms with E-state index in [1.807, 2.05) is 29.6 Å². The summed E-state index contributed by atoms with van der Waals surface area (Å²) in [4.78, 5) is 26.6. The van der Waals surface area contributed by atoms with E-state index < -0.39 is 0 Å². The Kier molecular flexibility index (Phi) is 5.45. The summed E-state index contributed by atoms with van der Waals surface area (Å²) in [6, 6.07) is 11.2. The van der Waals surface area contributed by atoms with E-state index in [9.17, 15) is 9.59 Å². The number of hydrogen-bond donors (Lipinski definition) is 2. The summed E-state index contributed by atoms with van der Waals surface area (Å²) in [5.41, 5.74) is 1.82. The Labute approximate surface area is 144 Å². The van der Waals surface area contributed by atoms with Crippen molar-refractivity contribution in [2.75, 3.05) is 43.1 Å². The van der Waals surface area contributed by atoms with Crippen LogP contribution in [0.4, 0.5) is 11.4 Å². The second kappa shape index (κ2) is 7.94. The van der Waals surface area contributed by atoms with Crippen molar-refractivity contribution in [2.45, 2.75) is 0 Å². The van der Waals surface area contributed by atoms with E-state index >= 15 is 0 Å². The lowest BCUT2D eigenvalue weighted by atomic mass is 10.2. The summed E-state index contributed by atoms with van der Waals surface area (Å²) in [5.74, 6) is -0.484. The molecule has 0 atom stereocenters. The van der Waals surface area contributed by atoms with Gasteiger partial charge in [-0.05, 0) is 35.7 Å². The van der Waals surface area contributed by atoms with Gasteiger partial charge >= 0.3 is 0 Å². The summed E-state index contributed by atoms with van der Waals surface area (Å²) in [6.45, 7) is 3.17. The number of carbonyl (C=O) groups excluding carboxylic acids is 2.